The summed E-state index contributed by atoms with van der Waals surface area (Å²) in [6.45, 7) is 1.55. The van der Waals surface area contributed by atoms with Gasteiger partial charge in [0.2, 0.25) is 5.82 Å². The van der Waals surface area contributed by atoms with E-state index >= 15 is 0 Å². The lowest BCUT2D eigenvalue weighted by Gasteiger charge is -2.27. The van der Waals surface area contributed by atoms with Gasteiger partial charge in [-0.2, -0.15) is 24.5 Å². The molecular formula is C13H12F3N3OS. The van der Waals surface area contributed by atoms with E-state index in [4.69, 9.17) is 0 Å². The molecule has 0 aromatic carbocycles. The fraction of sp³-hybridized carbons (Fsp3) is 0.385. The number of nitrogens with one attached hydrogen (secondary N) is 1. The molecule has 3 heterocycles. The molecule has 112 valence electrons. The van der Waals surface area contributed by atoms with E-state index in [1.807, 2.05) is 26.7 Å². The van der Waals surface area contributed by atoms with Crippen molar-refractivity contribution in [3.05, 3.63) is 49.8 Å². The maximum absolute atomic E-state index is 12.7. The van der Waals surface area contributed by atoms with Gasteiger partial charge in [0.1, 0.15) is 0 Å². The van der Waals surface area contributed by atoms with Gasteiger partial charge in [-0.15, -0.1) is 0 Å². The van der Waals surface area contributed by atoms with Gasteiger partial charge in [-0.05, 0) is 28.8 Å². The molecule has 0 fully saturated rings. The van der Waals surface area contributed by atoms with E-state index in [0.29, 0.717) is 25.1 Å². The Labute approximate surface area is 122 Å². The van der Waals surface area contributed by atoms with Crippen molar-refractivity contribution < 1.29 is 13.2 Å². The zero-order valence-corrected chi connectivity index (χ0v) is 11.7. The third-order valence-electron chi connectivity index (χ3n) is 3.41. The average molecular weight is 315 g/mol. The van der Waals surface area contributed by atoms with Crippen LogP contribution in [-0.4, -0.2) is 21.4 Å². The summed E-state index contributed by atoms with van der Waals surface area (Å²) in [7, 11) is 0. The zero-order chi connectivity index (χ0) is 15.0. The van der Waals surface area contributed by atoms with E-state index in [0.717, 1.165) is 5.56 Å². The maximum atomic E-state index is 12.7. The van der Waals surface area contributed by atoms with Crippen molar-refractivity contribution in [3.8, 4) is 0 Å². The monoisotopic (exact) mass is 315 g/mol. The number of hydrogen-bond acceptors (Lipinski definition) is 4. The molecule has 0 unspecified atom stereocenters. The van der Waals surface area contributed by atoms with Crippen LogP contribution in [0.25, 0.3) is 0 Å². The SMILES string of the molecule is O=c1[nH]c(C(F)(F)F)nc2c1CCN(Cc1ccsc1)C2. The standard InChI is InChI=1S/C13H12F3N3OS/c14-13(15,16)12-17-10-6-19(5-8-2-4-21-7-8)3-1-9(10)11(20)18-12/h2,4,7H,1,3,5-6H2,(H,17,18,20). The predicted molar refractivity (Wildman–Crippen MR) is 72.0 cm³/mol. The molecule has 0 aliphatic carbocycles. The number of aromatic amines is 1. The average Bonchev–Trinajstić information content (AvgIpc) is 2.90. The third-order valence-corrected chi connectivity index (χ3v) is 4.14. The highest BCUT2D eigenvalue weighted by Crippen LogP contribution is 2.26. The van der Waals surface area contributed by atoms with Crippen LogP contribution in [0.1, 0.15) is 22.6 Å². The molecule has 0 radical (unpaired) electrons. The molecule has 2 aromatic rings. The van der Waals surface area contributed by atoms with Crippen molar-refractivity contribution in [2.75, 3.05) is 6.54 Å². The van der Waals surface area contributed by atoms with E-state index in [2.05, 4.69) is 4.98 Å². The number of halogens is 3. The van der Waals surface area contributed by atoms with Crippen LogP contribution in [0, 0.1) is 0 Å². The van der Waals surface area contributed by atoms with E-state index < -0.39 is 17.6 Å². The first-order chi connectivity index (χ1) is 9.93. The number of hydrogen-bond donors (Lipinski definition) is 1. The Morgan fingerprint density at radius 2 is 2.24 bits per heavy atom. The molecule has 0 atom stereocenters. The van der Waals surface area contributed by atoms with E-state index in [1.54, 1.807) is 11.3 Å². The molecule has 0 saturated heterocycles. The summed E-state index contributed by atoms with van der Waals surface area (Å²) in [6, 6.07) is 1.98. The smallest absolute Gasteiger partial charge is 0.303 e. The summed E-state index contributed by atoms with van der Waals surface area (Å²) in [4.78, 5) is 19.2. The molecular weight excluding hydrogens is 303 g/mol. The number of nitrogens with zero attached hydrogens (tertiary/aromatic N) is 2. The number of thiophene rings is 1. The van der Waals surface area contributed by atoms with Gasteiger partial charge in [-0.1, -0.05) is 0 Å². The summed E-state index contributed by atoms with van der Waals surface area (Å²) in [5.74, 6) is -1.22. The van der Waals surface area contributed by atoms with Gasteiger partial charge >= 0.3 is 6.18 Å². The Hall–Kier alpha value is -1.67. The highest BCUT2D eigenvalue weighted by atomic mass is 32.1. The molecule has 1 aliphatic rings. The van der Waals surface area contributed by atoms with Crippen molar-refractivity contribution in [2.45, 2.75) is 25.7 Å². The second-order valence-electron chi connectivity index (χ2n) is 4.93. The van der Waals surface area contributed by atoms with Crippen LogP contribution in [0.2, 0.25) is 0 Å². The highest BCUT2D eigenvalue weighted by molar-refractivity contribution is 7.07. The summed E-state index contributed by atoms with van der Waals surface area (Å²) < 4.78 is 38.1. The predicted octanol–water partition coefficient (Wildman–Crippen LogP) is 2.41. The Balaban J connectivity index is 1.87. The van der Waals surface area contributed by atoms with Crippen LogP contribution >= 0.6 is 11.3 Å². The maximum Gasteiger partial charge on any atom is 0.449 e. The van der Waals surface area contributed by atoms with Crippen molar-refractivity contribution in [3.63, 3.8) is 0 Å². The largest absolute Gasteiger partial charge is 0.449 e. The van der Waals surface area contributed by atoms with Crippen molar-refractivity contribution in [1.29, 1.82) is 0 Å². The first-order valence-corrected chi connectivity index (χ1v) is 7.30. The van der Waals surface area contributed by atoms with Gasteiger partial charge in [-0.25, -0.2) is 4.98 Å². The molecule has 0 amide bonds. The Kier molecular flexibility index (Phi) is 3.58. The molecule has 3 rings (SSSR count). The minimum Gasteiger partial charge on any atom is -0.303 e. The van der Waals surface area contributed by atoms with Crippen molar-refractivity contribution >= 4 is 11.3 Å². The first-order valence-electron chi connectivity index (χ1n) is 6.36. The van der Waals surface area contributed by atoms with Gasteiger partial charge in [0.25, 0.3) is 5.56 Å². The lowest BCUT2D eigenvalue weighted by atomic mass is 10.1. The third kappa shape index (κ3) is 3.01. The number of rotatable bonds is 2. The second kappa shape index (κ2) is 5.27. The quantitative estimate of drug-likeness (QED) is 0.926. The fourth-order valence-corrected chi connectivity index (χ4v) is 3.06. The molecule has 2 aromatic heterocycles. The van der Waals surface area contributed by atoms with Crippen LogP contribution in [0.4, 0.5) is 13.2 Å². The Morgan fingerprint density at radius 3 is 2.90 bits per heavy atom. The molecule has 1 N–H and O–H groups in total. The molecule has 0 saturated carbocycles. The van der Waals surface area contributed by atoms with E-state index in [1.165, 1.54) is 0 Å². The summed E-state index contributed by atoms with van der Waals surface area (Å²) in [6.07, 6.45) is -4.22. The highest BCUT2D eigenvalue weighted by Gasteiger charge is 2.35. The summed E-state index contributed by atoms with van der Waals surface area (Å²) >= 11 is 1.58. The minimum atomic E-state index is -4.64. The van der Waals surface area contributed by atoms with Gasteiger partial charge < -0.3 is 4.98 Å². The van der Waals surface area contributed by atoms with Crippen LogP contribution in [0.5, 0.6) is 0 Å². The van der Waals surface area contributed by atoms with E-state index in [9.17, 15) is 18.0 Å². The number of fused-ring (bicyclic) bond motifs is 1. The van der Waals surface area contributed by atoms with Gasteiger partial charge in [0.05, 0.1) is 5.69 Å². The Morgan fingerprint density at radius 1 is 1.43 bits per heavy atom. The van der Waals surface area contributed by atoms with Gasteiger partial charge in [0.15, 0.2) is 0 Å². The normalized spacial score (nSPS) is 16.0. The molecule has 8 heteroatoms. The van der Waals surface area contributed by atoms with Gasteiger partial charge in [-0.3, -0.25) is 9.69 Å². The number of H-pyrrole nitrogens is 1. The summed E-state index contributed by atoms with van der Waals surface area (Å²) in [5.41, 5.74) is 1.03. The van der Waals surface area contributed by atoms with E-state index in [-0.39, 0.29) is 12.2 Å². The number of aromatic nitrogens is 2. The molecule has 0 bridgehead atoms. The minimum absolute atomic E-state index is 0.229. The first kappa shape index (κ1) is 14.3. The summed E-state index contributed by atoms with van der Waals surface area (Å²) in [5, 5.41) is 3.96. The molecule has 21 heavy (non-hydrogen) atoms. The van der Waals surface area contributed by atoms with Gasteiger partial charge in [0, 0.05) is 25.2 Å². The molecule has 4 nitrogen and oxygen atoms in total. The second-order valence-corrected chi connectivity index (χ2v) is 5.71. The zero-order valence-electron chi connectivity index (χ0n) is 10.9. The van der Waals surface area contributed by atoms with Crippen LogP contribution in [0.3, 0.4) is 0 Å². The lowest BCUT2D eigenvalue weighted by molar-refractivity contribution is -0.145. The van der Waals surface area contributed by atoms with Crippen molar-refractivity contribution in [2.24, 2.45) is 0 Å². The number of alkyl halides is 3. The lowest BCUT2D eigenvalue weighted by Crippen LogP contribution is -2.36. The molecule has 1 aliphatic heterocycles. The topological polar surface area (TPSA) is 49.0 Å². The fourth-order valence-electron chi connectivity index (χ4n) is 2.40. The van der Waals surface area contributed by atoms with Crippen molar-refractivity contribution in [1.82, 2.24) is 14.9 Å². The molecule has 0 spiro atoms. The van der Waals surface area contributed by atoms with Crippen LogP contribution in [0.15, 0.2) is 21.6 Å². The van der Waals surface area contributed by atoms with Crippen LogP contribution < -0.4 is 5.56 Å². The Bertz CT molecular complexity index is 694. The van der Waals surface area contributed by atoms with Crippen LogP contribution in [-0.2, 0) is 25.7 Å².